The van der Waals surface area contributed by atoms with Crippen LogP contribution in [0.4, 0.5) is 0 Å². The van der Waals surface area contributed by atoms with Crippen LogP contribution < -0.4 is 10.6 Å². The minimum absolute atomic E-state index is 0.0456. The maximum atomic E-state index is 11.2. The molecule has 0 saturated heterocycles. The average Bonchev–Trinajstić information content (AvgIpc) is 2.02. The second-order valence-electron chi connectivity index (χ2n) is 3.54. The van der Waals surface area contributed by atoms with Crippen LogP contribution in [0.2, 0.25) is 0 Å². The molecule has 0 saturated carbocycles. The number of carbonyl (C=O) groups excluding carboxylic acids is 1. The molecule has 2 N–H and O–H groups in total. The van der Waals surface area contributed by atoms with Crippen molar-refractivity contribution in [2.45, 2.75) is 46.3 Å². The van der Waals surface area contributed by atoms with Crippen LogP contribution in [-0.2, 0) is 4.79 Å². The molecule has 13 heavy (non-hydrogen) atoms. The summed E-state index contributed by atoms with van der Waals surface area (Å²) in [6.07, 6.45) is 0.918. The topological polar surface area (TPSA) is 41.1 Å². The number of carbonyl (C=O) groups is 1. The van der Waals surface area contributed by atoms with Crippen molar-refractivity contribution in [2.75, 3.05) is 0 Å². The first-order valence-electron chi connectivity index (χ1n) is 4.69. The van der Waals surface area contributed by atoms with E-state index in [9.17, 15) is 4.79 Å². The van der Waals surface area contributed by atoms with Crippen LogP contribution in [0.3, 0.4) is 0 Å². The molecule has 76 valence electrons. The molecule has 0 aromatic rings. The van der Waals surface area contributed by atoms with E-state index >= 15 is 0 Å². The molecule has 1 unspecified atom stereocenters. The SMILES string of the molecule is C=C(C)C(=O)NC(CC)NC(C)C. The second-order valence-corrected chi connectivity index (χ2v) is 3.54. The molecule has 0 aliphatic carbocycles. The summed E-state index contributed by atoms with van der Waals surface area (Å²) in [5.74, 6) is -0.0833. The van der Waals surface area contributed by atoms with E-state index < -0.39 is 0 Å². The molecular weight excluding hydrogens is 164 g/mol. The van der Waals surface area contributed by atoms with Gasteiger partial charge in [0, 0.05) is 11.6 Å². The Balaban J connectivity index is 3.97. The number of hydrogen-bond acceptors (Lipinski definition) is 2. The first kappa shape index (κ1) is 12.2. The van der Waals surface area contributed by atoms with Crippen molar-refractivity contribution >= 4 is 5.91 Å². The van der Waals surface area contributed by atoms with Crippen molar-refractivity contribution in [2.24, 2.45) is 0 Å². The highest BCUT2D eigenvalue weighted by atomic mass is 16.1. The summed E-state index contributed by atoms with van der Waals surface area (Å²) in [7, 11) is 0. The van der Waals surface area contributed by atoms with Gasteiger partial charge in [0.25, 0.3) is 0 Å². The summed E-state index contributed by atoms with van der Waals surface area (Å²) in [5.41, 5.74) is 0.545. The van der Waals surface area contributed by atoms with Crippen LogP contribution in [0.1, 0.15) is 34.1 Å². The van der Waals surface area contributed by atoms with E-state index in [1.54, 1.807) is 6.92 Å². The van der Waals surface area contributed by atoms with E-state index in [1.165, 1.54) is 0 Å². The predicted octanol–water partition coefficient (Wildman–Crippen LogP) is 1.41. The standard InChI is InChI=1S/C10H20N2O/c1-6-9(11-8(4)5)12-10(13)7(2)3/h8-9,11H,2,6H2,1,3-5H3,(H,12,13). The smallest absolute Gasteiger partial charge is 0.247 e. The summed E-state index contributed by atoms with van der Waals surface area (Å²) in [6.45, 7) is 11.4. The lowest BCUT2D eigenvalue weighted by atomic mass is 10.2. The maximum absolute atomic E-state index is 11.2. The highest BCUT2D eigenvalue weighted by Crippen LogP contribution is 1.93. The lowest BCUT2D eigenvalue weighted by Crippen LogP contribution is -2.47. The highest BCUT2D eigenvalue weighted by Gasteiger charge is 2.10. The van der Waals surface area contributed by atoms with Crippen molar-refractivity contribution < 1.29 is 4.79 Å². The van der Waals surface area contributed by atoms with Gasteiger partial charge in [-0.2, -0.15) is 0 Å². The zero-order chi connectivity index (χ0) is 10.4. The third-order valence-corrected chi connectivity index (χ3v) is 1.64. The third-order valence-electron chi connectivity index (χ3n) is 1.64. The Hall–Kier alpha value is -0.830. The molecule has 1 amide bonds. The summed E-state index contributed by atoms with van der Waals surface area (Å²) in [6, 6.07) is 0.371. The molecule has 1 atom stereocenters. The minimum Gasteiger partial charge on any atom is -0.337 e. The van der Waals surface area contributed by atoms with E-state index in [-0.39, 0.29) is 12.1 Å². The fourth-order valence-electron chi connectivity index (χ4n) is 0.945. The number of nitrogens with one attached hydrogen (secondary N) is 2. The van der Waals surface area contributed by atoms with E-state index in [4.69, 9.17) is 0 Å². The first-order chi connectivity index (χ1) is 5.97. The van der Waals surface area contributed by atoms with Crippen LogP contribution >= 0.6 is 0 Å². The monoisotopic (exact) mass is 184 g/mol. The predicted molar refractivity (Wildman–Crippen MR) is 55.3 cm³/mol. The van der Waals surface area contributed by atoms with Gasteiger partial charge in [-0.1, -0.05) is 13.5 Å². The van der Waals surface area contributed by atoms with Crippen molar-refractivity contribution in [1.82, 2.24) is 10.6 Å². The van der Waals surface area contributed by atoms with Gasteiger partial charge < -0.3 is 5.32 Å². The molecule has 0 bridgehead atoms. The highest BCUT2D eigenvalue weighted by molar-refractivity contribution is 5.92. The fourth-order valence-corrected chi connectivity index (χ4v) is 0.945. The van der Waals surface area contributed by atoms with E-state index in [0.29, 0.717) is 11.6 Å². The average molecular weight is 184 g/mol. The van der Waals surface area contributed by atoms with Gasteiger partial charge in [0.1, 0.15) is 0 Å². The van der Waals surface area contributed by atoms with Crippen LogP contribution in [0.15, 0.2) is 12.2 Å². The Bertz CT molecular complexity index is 187. The van der Waals surface area contributed by atoms with Crippen molar-refractivity contribution in [3.8, 4) is 0 Å². The van der Waals surface area contributed by atoms with Gasteiger partial charge >= 0.3 is 0 Å². The Kier molecular flexibility index (Phi) is 5.39. The Morgan fingerprint density at radius 1 is 1.46 bits per heavy atom. The maximum Gasteiger partial charge on any atom is 0.247 e. The molecule has 0 rings (SSSR count). The summed E-state index contributed by atoms with van der Waals surface area (Å²) < 4.78 is 0. The van der Waals surface area contributed by atoms with Crippen molar-refractivity contribution in [3.05, 3.63) is 12.2 Å². The van der Waals surface area contributed by atoms with E-state index in [2.05, 4.69) is 31.1 Å². The summed E-state index contributed by atoms with van der Waals surface area (Å²) in [4.78, 5) is 11.2. The van der Waals surface area contributed by atoms with Gasteiger partial charge in [0.05, 0.1) is 6.17 Å². The third kappa shape index (κ3) is 5.42. The normalized spacial score (nSPS) is 12.7. The Morgan fingerprint density at radius 2 is 2.00 bits per heavy atom. The van der Waals surface area contributed by atoms with Gasteiger partial charge in [-0.15, -0.1) is 0 Å². The molecule has 3 nitrogen and oxygen atoms in total. The fraction of sp³-hybridized carbons (Fsp3) is 0.700. The molecule has 0 aromatic carbocycles. The van der Waals surface area contributed by atoms with Gasteiger partial charge in [0.2, 0.25) is 5.91 Å². The van der Waals surface area contributed by atoms with Crippen LogP contribution in [0.25, 0.3) is 0 Å². The first-order valence-corrected chi connectivity index (χ1v) is 4.69. The van der Waals surface area contributed by atoms with Gasteiger partial charge in [-0.25, -0.2) is 0 Å². The van der Waals surface area contributed by atoms with Crippen LogP contribution in [0, 0.1) is 0 Å². The number of rotatable bonds is 5. The molecule has 0 aliphatic heterocycles. The second kappa shape index (κ2) is 5.75. The van der Waals surface area contributed by atoms with Gasteiger partial charge in [-0.05, 0) is 27.2 Å². The molecule has 0 fully saturated rings. The minimum atomic E-state index is -0.0833. The molecule has 0 aromatic heterocycles. The van der Waals surface area contributed by atoms with Crippen LogP contribution in [0.5, 0.6) is 0 Å². The zero-order valence-corrected chi connectivity index (χ0v) is 8.98. The summed E-state index contributed by atoms with van der Waals surface area (Å²) >= 11 is 0. The van der Waals surface area contributed by atoms with Crippen LogP contribution in [-0.4, -0.2) is 18.1 Å². The molecule has 0 spiro atoms. The molecular formula is C10H20N2O. The quantitative estimate of drug-likeness (QED) is 0.501. The molecule has 0 heterocycles. The van der Waals surface area contributed by atoms with E-state index in [0.717, 1.165) is 6.42 Å². The van der Waals surface area contributed by atoms with E-state index in [1.807, 2.05) is 6.92 Å². The molecule has 3 heteroatoms. The van der Waals surface area contributed by atoms with Gasteiger partial charge in [-0.3, -0.25) is 10.1 Å². The number of hydrogen-bond donors (Lipinski definition) is 2. The zero-order valence-electron chi connectivity index (χ0n) is 8.98. The molecule has 0 radical (unpaired) electrons. The lowest BCUT2D eigenvalue weighted by Gasteiger charge is -2.21. The molecule has 0 aliphatic rings. The summed E-state index contributed by atoms with van der Waals surface area (Å²) in [5, 5.41) is 6.09. The van der Waals surface area contributed by atoms with Gasteiger partial charge in [0.15, 0.2) is 0 Å². The Labute approximate surface area is 80.6 Å². The largest absolute Gasteiger partial charge is 0.337 e. The van der Waals surface area contributed by atoms with Crippen molar-refractivity contribution in [3.63, 3.8) is 0 Å². The lowest BCUT2D eigenvalue weighted by molar-refractivity contribution is -0.118. The Morgan fingerprint density at radius 3 is 2.31 bits per heavy atom. The number of amides is 1. The van der Waals surface area contributed by atoms with Crippen molar-refractivity contribution in [1.29, 1.82) is 0 Å².